The van der Waals surface area contributed by atoms with Crippen molar-refractivity contribution in [3.05, 3.63) is 70.5 Å². The molecule has 5 rings (SSSR count). The molecule has 2 aromatic heterocycles. The number of aromatic nitrogens is 5. The van der Waals surface area contributed by atoms with Crippen LogP contribution in [0.25, 0.3) is 22.3 Å². The van der Waals surface area contributed by atoms with Crippen molar-refractivity contribution in [2.75, 3.05) is 0 Å². The SMILES string of the molecule is O=c1[nH]c(CSc2nnc(-c3ccccc3F)n2C2CCCCC2)nc2ccccc12. The monoisotopic (exact) mass is 435 g/mol. The lowest BCUT2D eigenvalue weighted by atomic mass is 9.95. The molecule has 0 aliphatic heterocycles. The zero-order valence-corrected chi connectivity index (χ0v) is 17.7. The van der Waals surface area contributed by atoms with Crippen LogP contribution in [0.4, 0.5) is 4.39 Å². The third kappa shape index (κ3) is 3.99. The third-order valence-corrected chi connectivity index (χ3v) is 6.67. The van der Waals surface area contributed by atoms with E-state index < -0.39 is 0 Å². The average Bonchev–Trinajstić information content (AvgIpc) is 3.22. The van der Waals surface area contributed by atoms with Crippen LogP contribution in [0.3, 0.4) is 0 Å². The number of fused-ring (bicyclic) bond motifs is 1. The van der Waals surface area contributed by atoms with Crippen LogP contribution < -0.4 is 5.56 Å². The van der Waals surface area contributed by atoms with Crippen molar-refractivity contribution in [3.63, 3.8) is 0 Å². The van der Waals surface area contributed by atoms with E-state index in [4.69, 9.17) is 0 Å². The Morgan fingerprint density at radius 1 is 1.03 bits per heavy atom. The molecule has 0 unspecified atom stereocenters. The number of H-pyrrole nitrogens is 1. The normalized spacial score (nSPS) is 14.9. The molecule has 1 N–H and O–H groups in total. The van der Waals surface area contributed by atoms with Gasteiger partial charge in [0, 0.05) is 6.04 Å². The first-order chi connectivity index (χ1) is 15.2. The molecule has 4 aromatic rings. The topological polar surface area (TPSA) is 76.5 Å². The van der Waals surface area contributed by atoms with Crippen molar-refractivity contribution in [2.45, 2.75) is 49.1 Å². The van der Waals surface area contributed by atoms with Crippen molar-refractivity contribution in [3.8, 4) is 11.4 Å². The van der Waals surface area contributed by atoms with Gasteiger partial charge < -0.3 is 4.98 Å². The number of halogens is 1. The molecule has 2 heterocycles. The summed E-state index contributed by atoms with van der Waals surface area (Å²) in [5.41, 5.74) is 0.981. The van der Waals surface area contributed by atoms with Gasteiger partial charge in [-0.05, 0) is 37.1 Å². The van der Waals surface area contributed by atoms with E-state index in [9.17, 15) is 9.18 Å². The van der Waals surface area contributed by atoms with Gasteiger partial charge in [-0.3, -0.25) is 9.36 Å². The van der Waals surface area contributed by atoms with E-state index in [0.717, 1.165) is 30.8 Å². The summed E-state index contributed by atoms with van der Waals surface area (Å²) >= 11 is 1.47. The van der Waals surface area contributed by atoms with Gasteiger partial charge in [-0.15, -0.1) is 10.2 Å². The van der Waals surface area contributed by atoms with E-state index in [1.807, 2.05) is 24.3 Å². The van der Waals surface area contributed by atoms with Crippen molar-refractivity contribution in [2.24, 2.45) is 0 Å². The van der Waals surface area contributed by atoms with E-state index in [0.29, 0.717) is 33.9 Å². The van der Waals surface area contributed by atoms with E-state index in [2.05, 4.69) is 24.7 Å². The molecule has 158 valence electrons. The van der Waals surface area contributed by atoms with Gasteiger partial charge in [-0.1, -0.05) is 55.3 Å². The second kappa shape index (κ2) is 8.63. The Bertz CT molecular complexity index is 1280. The first-order valence-corrected chi connectivity index (χ1v) is 11.5. The highest BCUT2D eigenvalue weighted by Gasteiger charge is 2.25. The standard InChI is InChI=1S/C23H22FN5OS/c24-18-12-6-4-10-16(18)21-27-28-23(29(21)15-8-2-1-3-9-15)31-14-20-25-19-13-7-5-11-17(19)22(30)26-20/h4-7,10-13,15H,1-3,8-9,14H2,(H,25,26,30). The molecule has 1 aliphatic rings. The summed E-state index contributed by atoms with van der Waals surface area (Å²) in [5, 5.41) is 10.1. The fraction of sp³-hybridized carbons (Fsp3) is 0.304. The summed E-state index contributed by atoms with van der Waals surface area (Å²) in [7, 11) is 0. The summed E-state index contributed by atoms with van der Waals surface area (Å²) in [6.07, 6.45) is 5.56. The maximum absolute atomic E-state index is 14.5. The quantitative estimate of drug-likeness (QED) is 0.441. The van der Waals surface area contributed by atoms with Crippen LogP contribution in [0.1, 0.15) is 44.0 Å². The maximum atomic E-state index is 14.5. The number of rotatable bonds is 5. The molecule has 0 radical (unpaired) electrons. The number of hydrogen-bond donors (Lipinski definition) is 1. The summed E-state index contributed by atoms with van der Waals surface area (Å²) in [4.78, 5) is 19.8. The van der Waals surface area contributed by atoms with Crippen LogP contribution in [-0.2, 0) is 5.75 Å². The van der Waals surface area contributed by atoms with E-state index >= 15 is 0 Å². The highest BCUT2D eigenvalue weighted by atomic mass is 32.2. The Balaban J connectivity index is 1.49. The van der Waals surface area contributed by atoms with Crippen molar-refractivity contribution in [1.82, 2.24) is 24.7 Å². The first-order valence-electron chi connectivity index (χ1n) is 10.5. The summed E-state index contributed by atoms with van der Waals surface area (Å²) in [5.74, 6) is 1.29. The summed E-state index contributed by atoms with van der Waals surface area (Å²) in [6.45, 7) is 0. The first kappa shape index (κ1) is 19.9. The molecule has 1 fully saturated rings. The molecule has 0 saturated heterocycles. The van der Waals surface area contributed by atoms with Crippen LogP contribution in [-0.4, -0.2) is 24.7 Å². The van der Waals surface area contributed by atoms with Crippen molar-refractivity contribution < 1.29 is 4.39 Å². The molecule has 1 saturated carbocycles. The lowest BCUT2D eigenvalue weighted by Gasteiger charge is -2.25. The highest BCUT2D eigenvalue weighted by Crippen LogP contribution is 2.36. The van der Waals surface area contributed by atoms with Crippen LogP contribution in [0.2, 0.25) is 0 Å². The van der Waals surface area contributed by atoms with Gasteiger partial charge in [0.05, 0.1) is 22.2 Å². The molecular weight excluding hydrogens is 413 g/mol. The number of thioether (sulfide) groups is 1. The third-order valence-electron chi connectivity index (χ3n) is 5.72. The predicted octanol–water partition coefficient (Wildman–Crippen LogP) is 5.12. The molecule has 31 heavy (non-hydrogen) atoms. The van der Waals surface area contributed by atoms with Gasteiger partial charge in [0.1, 0.15) is 11.6 Å². The minimum atomic E-state index is -0.302. The Kier molecular flexibility index (Phi) is 5.55. The molecule has 0 amide bonds. The summed E-state index contributed by atoms with van der Waals surface area (Å²) < 4.78 is 16.6. The van der Waals surface area contributed by atoms with Crippen molar-refractivity contribution >= 4 is 22.7 Å². The van der Waals surface area contributed by atoms with Gasteiger partial charge in [0.25, 0.3) is 5.56 Å². The van der Waals surface area contributed by atoms with Gasteiger partial charge in [0.2, 0.25) is 0 Å². The smallest absolute Gasteiger partial charge is 0.258 e. The Hall–Kier alpha value is -3.00. The van der Waals surface area contributed by atoms with Gasteiger partial charge in [-0.25, -0.2) is 9.37 Å². The minimum absolute atomic E-state index is 0.151. The van der Waals surface area contributed by atoms with Gasteiger partial charge >= 0.3 is 0 Å². The largest absolute Gasteiger partial charge is 0.309 e. The van der Waals surface area contributed by atoms with E-state index in [-0.39, 0.29) is 17.4 Å². The Morgan fingerprint density at radius 2 is 1.81 bits per heavy atom. The van der Waals surface area contributed by atoms with Crippen LogP contribution in [0.5, 0.6) is 0 Å². The zero-order valence-electron chi connectivity index (χ0n) is 16.9. The molecule has 0 bridgehead atoms. The minimum Gasteiger partial charge on any atom is -0.309 e. The lowest BCUT2D eigenvalue weighted by molar-refractivity contribution is 0.339. The Labute approximate surface area is 182 Å². The fourth-order valence-electron chi connectivity index (χ4n) is 4.21. The molecule has 2 aromatic carbocycles. The lowest BCUT2D eigenvalue weighted by Crippen LogP contribution is -2.16. The van der Waals surface area contributed by atoms with Crippen LogP contribution >= 0.6 is 11.8 Å². The number of aromatic amines is 1. The molecule has 0 spiro atoms. The maximum Gasteiger partial charge on any atom is 0.258 e. The van der Waals surface area contributed by atoms with Gasteiger partial charge in [-0.2, -0.15) is 0 Å². The second-order valence-corrected chi connectivity index (χ2v) is 8.71. The van der Waals surface area contributed by atoms with E-state index in [1.165, 1.54) is 24.2 Å². The highest BCUT2D eigenvalue weighted by molar-refractivity contribution is 7.98. The van der Waals surface area contributed by atoms with Crippen LogP contribution in [0.15, 0.2) is 58.5 Å². The number of para-hydroxylation sites is 1. The molecule has 0 atom stereocenters. The number of benzene rings is 2. The predicted molar refractivity (Wildman–Crippen MR) is 119 cm³/mol. The van der Waals surface area contributed by atoms with Gasteiger partial charge in [0.15, 0.2) is 11.0 Å². The van der Waals surface area contributed by atoms with E-state index in [1.54, 1.807) is 18.2 Å². The fourth-order valence-corrected chi connectivity index (χ4v) is 5.08. The molecule has 8 heteroatoms. The second-order valence-electron chi connectivity index (χ2n) is 7.77. The average molecular weight is 436 g/mol. The summed E-state index contributed by atoms with van der Waals surface area (Å²) in [6, 6.07) is 14.2. The molecule has 6 nitrogen and oxygen atoms in total. The number of nitrogens with zero attached hydrogens (tertiary/aromatic N) is 4. The van der Waals surface area contributed by atoms with Crippen LogP contribution in [0, 0.1) is 5.82 Å². The zero-order chi connectivity index (χ0) is 21.2. The molecular formula is C23H22FN5OS. The Morgan fingerprint density at radius 3 is 2.65 bits per heavy atom. The number of nitrogens with one attached hydrogen (secondary N) is 1. The van der Waals surface area contributed by atoms with Crippen molar-refractivity contribution in [1.29, 1.82) is 0 Å². The number of hydrogen-bond acceptors (Lipinski definition) is 5. The molecule has 1 aliphatic carbocycles.